The lowest BCUT2D eigenvalue weighted by Crippen LogP contribution is -2.52. The van der Waals surface area contributed by atoms with Crippen LogP contribution in [0, 0.1) is 0 Å². The van der Waals surface area contributed by atoms with Crippen LogP contribution < -0.4 is 5.32 Å². The van der Waals surface area contributed by atoms with Crippen molar-refractivity contribution >= 4 is 12.0 Å². The monoisotopic (exact) mass is 255 g/mol. The second kappa shape index (κ2) is 6.04. The molecule has 6 heteroatoms. The summed E-state index contributed by atoms with van der Waals surface area (Å²) in [4.78, 5) is 26.9. The first-order valence-electron chi connectivity index (χ1n) is 6.53. The summed E-state index contributed by atoms with van der Waals surface area (Å²) in [6.07, 6.45) is 2.65. The third kappa shape index (κ3) is 3.87. The summed E-state index contributed by atoms with van der Waals surface area (Å²) < 4.78 is 4.61. The van der Waals surface area contributed by atoms with E-state index in [1.54, 1.807) is 0 Å². The molecule has 1 heterocycles. The van der Waals surface area contributed by atoms with Crippen LogP contribution in [0.1, 0.15) is 19.3 Å². The van der Waals surface area contributed by atoms with E-state index < -0.39 is 0 Å². The maximum atomic E-state index is 11.8. The molecule has 2 rings (SSSR count). The molecule has 2 aliphatic rings. The average molecular weight is 255 g/mol. The van der Waals surface area contributed by atoms with Crippen molar-refractivity contribution in [3.63, 3.8) is 0 Å². The third-order valence-corrected chi connectivity index (χ3v) is 3.42. The highest BCUT2D eigenvalue weighted by atomic mass is 16.5. The highest BCUT2D eigenvalue weighted by molar-refractivity contribution is 5.75. The normalized spacial score (nSPS) is 20.6. The number of methoxy groups -OCH3 is 1. The smallest absolute Gasteiger partial charge is 0.317 e. The van der Waals surface area contributed by atoms with Crippen molar-refractivity contribution in [1.82, 2.24) is 15.1 Å². The summed E-state index contributed by atoms with van der Waals surface area (Å²) in [7, 11) is 1.41. The van der Waals surface area contributed by atoms with E-state index in [2.05, 4.69) is 15.0 Å². The first kappa shape index (κ1) is 13.1. The zero-order chi connectivity index (χ0) is 13.0. The molecule has 0 spiro atoms. The van der Waals surface area contributed by atoms with E-state index in [0.717, 1.165) is 39.0 Å². The molecule has 6 nitrogen and oxygen atoms in total. The van der Waals surface area contributed by atoms with Crippen LogP contribution in [0.5, 0.6) is 0 Å². The molecule has 2 fully saturated rings. The Morgan fingerprint density at radius 3 is 2.44 bits per heavy atom. The van der Waals surface area contributed by atoms with Crippen LogP contribution in [0.4, 0.5) is 4.79 Å². The van der Waals surface area contributed by atoms with Crippen molar-refractivity contribution in [2.45, 2.75) is 25.3 Å². The van der Waals surface area contributed by atoms with Crippen molar-refractivity contribution in [3.05, 3.63) is 0 Å². The number of carbonyl (C=O) groups excluding carboxylic acids is 2. The Labute approximate surface area is 107 Å². The van der Waals surface area contributed by atoms with Gasteiger partial charge in [0.05, 0.1) is 13.5 Å². The van der Waals surface area contributed by atoms with Gasteiger partial charge in [0.25, 0.3) is 0 Å². The van der Waals surface area contributed by atoms with Gasteiger partial charge >= 0.3 is 12.0 Å². The Morgan fingerprint density at radius 2 is 1.89 bits per heavy atom. The van der Waals surface area contributed by atoms with Crippen LogP contribution in [0.2, 0.25) is 0 Å². The summed E-state index contributed by atoms with van der Waals surface area (Å²) in [5.41, 5.74) is 0. The fraction of sp³-hybridized carbons (Fsp3) is 0.833. The Bertz CT molecular complexity index is 310. The van der Waals surface area contributed by atoms with Crippen molar-refractivity contribution in [2.24, 2.45) is 0 Å². The predicted octanol–water partition coefficient (Wildman–Crippen LogP) is 0.0391. The molecule has 1 aliphatic heterocycles. The minimum Gasteiger partial charge on any atom is -0.469 e. The van der Waals surface area contributed by atoms with Gasteiger partial charge < -0.3 is 15.0 Å². The number of nitrogens with one attached hydrogen (secondary N) is 1. The largest absolute Gasteiger partial charge is 0.469 e. The van der Waals surface area contributed by atoms with Gasteiger partial charge in [-0.1, -0.05) is 0 Å². The molecule has 102 valence electrons. The van der Waals surface area contributed by atoms with Gasteiger partial charge in [0.15, 0.2) is 0 Å². The van der Waals surface area contributed by atoms with Crippen LogP contribution in [0.25, 0.3) is 0 Å². The van der Waals surface area contributed by atoms with E-state index in [0.29, 0.717) is 19.0 Å². The highest BCUT2D eigenvalue weighted by Crippen LogP contribution is 2.19. The van der Waals surface area contributed by atoms with E-state index in [4.69, 9.17) is 0 Å². The second-order valence-corrected chi connectivity index (χ2v) is 4.88. The molecular formula is C12H21N3O3. The molecular weight excluding hydrogens is 234 g/mol. The lowest BCUT2D eigenvalue weighted by molar-refractivity contribution is -0.141. The summed E-state index contributed by atoms with van der Waals surface area (Å²) in [5.74, 6) is -0.177. The van der Waals surface area contributed by atoms with Crippen LogP contribution in [-0.4, -0.2) is 67.7 Å². The number of hydrogen-bond donors (Lipinski definition) is 1. The van der Waals surface area contributed by atoms with Gasteiger partial charge in [-0.15, -0.1) is 0 Å². The highest BCUT2D eigenvalue weighted by Gasteiger charge is 2.27. The Hall–Kier alpha value is -1.30. The fourth-order valence-electron chi connectivity index (χ4n) is 2.02. The van der Waals surface area contributed by atoms with E-state index in [1.165, 1.54) is 7.11 Å². The van der Waals surface area contributed by atoms with E-state index in [9.17, 15) is 9.59 Å². The lowest BCUT2D eigenvalue weighted by Gasteiger charge is -2.34. The van der Waals surface area contributed by atoms with E-state index >= 15 is 0 Å². The van der Waals surface area contributed by atoms with Crippen LogP contribution in [-0.2, 0) is 9.53 Å². The molecule has 0 atom stereocenters. The van der Waals surface area contributed by atoms with E-state index in [-0.39, 0.29) is 12.0 Å². The van der Waals surface area contributed by atoms with E-state index in [1.807, 2.05) is 4.90 Å². The van der Waals surface area contributed by atoms with Gasteiger partial charge in [-0.05, 0) is 12.8 Å². The first-order valence-corrected chi connectivity index (χ1v) is 6.53. The average Bonchev–Trinajstić information content (AvgIpc) is 3.20. The molecule has 0 bridgehead atoms. The molecule has 0 radical (unpaired) electrons. The van der Waals surface area contributed by atoms with Crippen molar-refractivity contribution < 1.29 is 14.3 Å². The molecule has 0 unspecified atom stereocenters. The Balaban J connectivity index is 1.64. The van der Waals surface area contributed by atoms with Gasteiger partial charge in [0, 0.05) is 38.8 Å². The van der Waals surface area contributed by atoms with Crippen molar-refractivity contribution in [2.75, 3.05) is 39.8 Å². The maximum Gasteiger partial charge on any atom is 0.317 e. The Morgan fingerprint density at radius 1 is 1.22 bits per heavy atom. The lowest BCUT2D eigenvalue weighted by atomic mass is 10.3. The van der Waals surface area contributed by atoms with Gasteiger partial charge in [0.1, 0.15) is 0 Å². The molecule has 0 aromatic rings. The number of amides is 2. The summed E-state index contributed by atoms with van der Waals surface area (Å²) in [5, 5.41) is 2.99. The molecule has 1 aliphatic carbocycles. The minimum atomic E-state index is -0.177. The summed E-state index contributed by atoms with van der Waals surface area (Å²) in [6, 6.07) is 0.472. The Kier molecular flexibility index (Phi) is 4.41. The van der Waals surface area contributed by atoms with Gasteiger partial charge in [-0.25, -0.2) is 4.79 Å². The number of carbonyl (C=O) groups is 2. The number of nitrogens with zero attached hydrogens (tertiary/aromatic N) is 2. The van der Waals surface area contributed by atoms with Crippen molar-refractivity contribution in [1.29, 1.82) is 0 Å². The number of esters is 1. The van der Waals surface area contributed by atoms with Gasteiger partial charge in [-0.3, -0.25) is 9.69 Å². The predicted molar refractivity (Wildman–Crippen MR) is 66.2 cm³/mol. The SMILES string of the molecule is COC(=O)CCN1CCN(C(=O)NC2CC2)CC1. The third-order valence-electron chi connectivity index (χ3n) is 3.42. The van der Waals surface area contributed by atoms with Gasteiger partial charge in [-0.2, -0.15) is 0 Å². The minimum absolute atomic E-state index is 0.0603. The first-order chi connectivity index (χ1) is 8.69. The summed E-state index contributed by atoms with van der Waals surface area (Å²) in [6.45, 7) is 3.84. The van der Waals surface area contributed by atoms with Crippen LogP contribution in [0.15, 0.2) is 0 Å². The number of rotatable bonds is 4. The molecule has 1 saturated carbocycles. The standard InChI is InChI=1S/C12H21N3O3/c1-18-11(16)4-5-14-6-8-15(9-7-14)12(17)13-10-2-3-10/h10H,2-9H2,1H3,(H,13,17). The number of urea groups is 1. The number of piperazine rings is 1. The van der Waals surface area contributed by atoms with Gasteiger partial charge in [0.2, 0.25) is 0 Å². The molecule has 0 aromatic carbocycles. The molecule has 18 heavy (non-hydrogen) atoms. The molecule has 2 amide bonds. The maximum absolute atomic E-state index is 11.8. The van der Waals surface area contributed by atoms with Crippen molar-refractivity contribution in [3.8, 4) is 0 Å². The fourth-order valence-corrected chi connectivity index (χ4v) is 2.02. The molecule has 0 aromatic heterocycles. The zero-order valence-electron chi connectivity index (χ0n) is 10.9. The quantitative estimate of drug-likeness (QED) is 0.720. The molecule has 1 saturated heterocycles. The summed E-state index contributed by atoms with van der Waals surface area (Å²) >= 11 is 0. The number of hydrogen-bond acceptors (Lipinski definition) is 4. The second-order valence-electron chi connectivity index (χ2n) is 4.88. The number of ether oxygens (including phenoxy) is 1. The zero-order valence-corrected chi connectivity index (χ0v) is 10.9. The van der Waals surface area contributed by atoms with Crippen LogP contribution >= 0.6 is 0 Å². The topological polar surface area (TPSA) is 61.9 Å². The van der Waals surface area contributed by atoms with Crippen LogP contribution in [0.3, 0.4) is 0 Å². The molecule has 1 N–H and O–H groups in total.